The SMILES string of the molecule is N#Cc1ccccc1-c1cccc(-c2nc(-c3ccc4cc(-c5ccccc5)ccc4c3)nc(-c3cc(-c4ccccc4)ccc3-c3ccccc3)n2)c1. The maximum atomic E-state index is 9.88. The van der Waals surface area contributed by atoms with Crippen LogP contribution in [0.15, 0.2) is 194 Å². The van der Waals surface area contributed by atoms with E-state index in [9.17, 15) is 5.26 Å². The first-order chi connectivity index (χ1) is 26.7. The van der Waals surface area contributed by atoms with Crippen molar-refractivity contribution in [3.8, 4) is 84.7 Å². The number of hydrogen-bond donors (Lipinski definition) is 0. The summed E-state index contributed by atoms with van der Waals surface area (Å²) in [4.78, 5) is 15.6. The average Bonchev–Trinajstić information content (AvgIpc) is 3.26. The fourth-order valence-electron chi connectivity index (χ4n) is 7.02. The molecule has 0 unspecified atom stereocenters. The monoisotopic (exact) mass is 688 g/mol. The average molecular weight is 689 g/mol. The quantitative estimate of drug-likeness (QED) is 0.167. The second kappa shape index (κ2) is 14.3. The third-order valence-electron chi connectivity index (χ3n) is 9.77. The second-order valence-electron chi connectivity index (χ2n) is 13.2. The van der Waals surface area contributed by atoms with Gasteiger partial charge in [0, 0.05) is 16.7 Å². The van der Waals surface area contributed by atoms with Crippen molar-refractivity contribution in [3.63, 3.8) is 0 Å². The van der Waals surface area contributed by atoms with Crippen LogP contribution in [0.4, 0.5) is 0 Å². The molecule has 0 N–H and O–H groups in total. The summed E-state index contributed by atoms with van der Waals surface area (Å²) in [6.07, 6.45) is 0. The minimum atomic E-state index is 0.551. The van der Waals surface area contributed by atoms with Crippen LogP contribution in [0.1, 0.15) is 5.56 Å². The molecule has 9 aromatic rings. The van der Waals surface area contributed by atoms with Crippen LogP contribution in [-0.2, 0) is 0 Å². The predicted molar refractivity (Wildman–Crippen MR) is 220 cm³/mol. The Morgan fingerprint density at radius 2 is 0.778 bits per heavy atom. The van der Waals surface area contributed by atoms with Crippen molar-refractivity contribution in [1.82, 2.24) is 15.0 Å². The van der Waals surface area contributed by atoms with E-state index >= 15 is 0 Å². The van der Waals surface area contributed by atoms with Crippen LogP contribution < -0.4 is 0 Å². The Hall–Kier alpha value is -7.48. The molecule has 0 atom stereocenters. The number of hydrogen-bond acceptors (Lipinski definition) is 4. The van der Waals surface area contributed by atoms with Gasteiger partial charge >= 0.3 is 0 Å². The molecule has 1 aromatic heterocycles. The van der Waals surface area contributed by atoms with Gasteiger partial charge in [-0.3, -0.25) is 0 Å². The number of nitriles is 1. The Morgan fingerprint density at radius 3 is 1.44 bits per heavy atom. The highest BCUT2D eigenvalue weighted by atomic mass is 15.0. The van der Waals surface area contributed by atoms with E-state index in [2.05, 4.69) is 140 Å². The van der Waals surface area contributed by atoms with Gasteiger partial charge in [-0.25, -0.2) is 15.0 Å². The van der Waals surface area contributed by atoms with Crippen molar-refractivity contribution in [3.05, 3.63) is 200 Å². The Balaban J connectivity index is 1.25. The Bertz CT molecular complexity index is 2820. The van der Waals surface area contributed by atoms with Crippen LogP contribution in [-0.4, -0.2) is 15.0 Å². The van der Waals surface area contributed by atoms with E-state index in [1.165, 1.54) is 11.1 Å². The van der Waals surface area contributed by atoms with Gasteiger partial charge in [0.1, 0.15) is 0 Å². The van der Waals surface area contributed by atoms with Crippen molar-refractivity contribution in [2.45, 2.75) is 0 Å². The second-order valence-corrected chi connectivity index (χ2v) is 13.2. The van der Waals surface area contributed by atoms with Crippen molar-refractivity contribution < 1.29 is 0 Å². The van der Waals surface area contributed by atoms with E-state index in [0.717, 1.165) is 60.8 Å². The van der Waals surface area contributed by atoms with Crippen LogP contribution in [0.2, 0.25) is 0 Å². The molecule has 252 valence electrons. The summed E-state index contributed by atoms with van der Waals surface area (Å²) in [5.41, 5.74) is 11.7. The molecule has 0 spiro atoms. The minimum absolute atomic E-state index is 0.551. The molecule has 0 saturated carbocycles. The number of benzene rings is 8. The summed E-state index contributed by atoms with van der Waals surface area (Å²) in [5, 5.41) is 12.1. The zero-order valence-electron chi connectivity index (χ0n) is 29.3. The molecule has 0 amide bonds. The predicted octanol–water partition coefficient (Wildman–Crippen LogP) is 12.6. The smallest absolute Gasteiger partial charge is 0.164 e. The molecular formula is C50H32N4. The molecular weight excluding hydrogens is 657 g/mol. The summed E-state index contributed by atoms with van der Waals surface area (Å²) >= 11 is 0. The van der Waals surface area contributed by atoms with Gasteiger partial charge in [0.05, 0.1) is 11.6 Å². The zero-order valence-corrected chi connectivity index (χ0v) is 29.3. The first-order valence-corrected chi connectivity index (χ1v) is 17.9. The molecule has 4 nitrogen and oxygen atoms in total. The molecule has 8 aromatic carbocycles. The molecule has 0 radical (unpaired) electrons. The summed E-state index contributed by atoms with van der Waals surface area (Å²) < 4.78 is 0. The van der Waals surface area contributed by atoms with Crippen molar-refractivity contribution in [1.29, 1.82) is 5.26 Å². The number of rotatable bonds is 7. The van der Waals surface area contributed by atoms with E-state index in [1.54, 1.807) is 0 Å². The lowest BCUT2D eigenvalue weighted by Gasteiger charge is -2.15. The summed E-state index contributed by atoms with van der Waals surface area (Å²) in [7, 11) is 0. The van der Waals surface area contributed by atoms with Gasteiger partial charge in [-0.05, 0) is 85.6 Å². The maximum absolute atomic E-state index is 9.88. The normalized spacial score (nSPS) is 10.9. The third-order valence-corrected chi connectivity index (χ3v) is 9.77. The van der Waals surface area contributed by atoms with Gasteiger partial charge in [0.15, 0.2) is 17.5 Å². The molecule has 0 aliphatic heterocycles. The summed E-state index contributed by atoms with van der Waals surface area (Å²) in [5.74, 6) is 1.71. The Morgan fingerprint density at radius 1 is 0.296 bits per heavy atom. The summed E-state index contributed by atoms with van der Waals surface area (Å²) in [6.45, 7) is 0. The van der Waals surface area contributed by atoms with Crippen LogP contribution in [0.5, 0.6) is 0 Å². The third kappa shape index (κ3) is 6.43. The Kier molecular flexibility index (Phi) is 8.57. The topological polar surface area (TPSA) is 62.5 Å². The molecule has 0 aliphatic rings. The van der Waals surface area contributed by atoms with Crippen molar-refractivity contribution in [2.24, 2.45) is 0 Å². The van der Waals surface area contributed by atoms with Crippen LogP contribution in [0.25, 0.3) is 89.4 Å². The fraction of sp³-hybridized carbons (Fsp3) is 0. The molecule has 54 heavy (non-hydrogen) atoms. The van der Waals surface area contributed by atoms with E-state index in [4.69, 9.17) is 15.0 Å². The highest BCUT2D eigenvalue weighted by Gasteiger charge is 2.18. The first-order valence-electron chi connectivity index (χ1n) is 17.9. The van der Waals surface area contributed by atoms with Crippen molar-refractivity contribution >= 4 is 10.8 Å². The lowest BCUT2D eigenvalue weighted by Crippen LogP contribution is -2.01. The van der Waals surface area contributed by atoms with Gasteiger partial charge in [-0.2, -0.15) is 5.26 Å². The standard InChI is InChI=1S/C50H32N4/c51-33-44-19-10-11-22-45(44)41-20-12-21-42(31-41)48-52-49(43-26-25-38-29-37(23-24-39(38)30-43)34-13-4-1-5-14-34)54-50(53-48)47-32-40(35-15-6-2-7-16-35)27-28-46(47)36-17-8-3-9-18-36/h1-32H. The fourth-order valence-corrected chi connectivity index (χ4v) is 7.02. The molecule has 0 aliphatic carbocycles. The van der Waals surface area contributed by atoms with Gasteiger partial charge in [0.2, 0.25) is 0 Å². The molecule has 0 fully saturated rings. The molecule has 0 bridgehead atoms. The number of aromatic nitrogens is 3. The summed E-state index contributed by atoms with van der Waals surface area (Å²) in [6, 6.07) is 68.7. The van der Waals surface area contributed by atoms with Gasteiger partial charge in [-0.15, -0.1) is 0 Å². The van der Waals surface area contributed by atoms with Crippen LogP contribution in [0.3, 0.4) is 0 Å². The van der Waals surface area contributed by atoms with Gasteiger partial charge in [0.25, 0.3) is 0 Å². The van der Waals surface area contributed by atoms with Crippen LogP contribution >= 0.6 is 0 Å². The van der Waals surface area contributed by atoms with Crippen molar-refractivity contribution in [2.75, 3.05) is 0 Å². The highest BCUT2D eigenvalue weighted by Crippen LogP contribution is 2.37. The Labute approximate surface area is 314 Å². The zero-order chi connectivity index (χ0) is 36.3. The number of nitrogens with zero attached hydrogens (tertiary/aromatic N) is 4. The van der Waals surface area contributed by atoms with E-state index in [-0.39, 0.29) is 0 Å². The van der Waals surface area contributed by atoms with Crippen LogP contribution in [0, 0.1) is 11.3 Å². The number of fused-ring (bicyclic) bond motifs is 1. The van der Waals surface area contributed by atoms with E-state index in [1.807, 2.05) is 60.7 Å². The lowest BCUT2D eigenvalue weighted by atomic mass is 9.94. The molecule has 4 heteroatoms. The minimum Gasteiger partial charge on any atom is -0.208 e. The maximum Gasteiger partial charge on any atom is 0.164 e. The lowest BCUT2D eigenvalue weighted by molar-refractivity contribution is 1.07. The van der Waals surface area contributed by atoms with E-state index < -0.39 is 0 Å². The largest absolute Gasteiger partial charge is 0.208 e. The van der Waals surface area contributed by atoms with E-state index in [0.29, 0.717) is 23.0 Å². The highest BCUT2D eigenvalue weighted by molar-refractivity contribution is 5.91. The molecule has 1 heterocycles. The molecule has 9 rings (SSSR count). The first kappa shape index (κ1) is 32.4. The van der Waals surface area contributed by atoms with Gasteiger partial charge in [-0.1, -0.05) is 164 Å². The molecule has 0 saturated heterocycles. The van der Waals surface area contributed by atoms with Gasteiger partial charge < -0.3 is 0 Å².